The summed E-state index contributed by atoms with van der Waals surface area (Å²) in [6.07, 6.45) is -0.655. The van der Waals surface area contributed by atoms with Crippen molar-refractivity contribution in [2.75, 3.05) is 5.32 Å². The monoisotopic (exact) mass is 321 g/mol. The number of fused-ring (bicyclic) bond motifs is 1. The number of aliphatic hydroxyl groups excluding tert-OH is 1. The Hall–Kier alpha value is -2.85. The molecule has 4 nitrogen and oxygen atoms in total. The molecule has 0 spiro atoms. The van der Waals surface area contributed by atoms with Crippen molar-refractivity contribution in [3.05, 3.63) is 72.3 Å². The zero-order chi connectivity index (χ0) is 16.9. The van der Waals surface area contributed by atoms with E-state index in [9.17, 15) is 4.79 Å². The van der Waals surface area contributed by atoms with Gasteiger partial charge >= 0.3 is 0 Å². The molecule has 0 radical (unpaired) electrons. The third-order valence-corrected chi connectivity index (χ3v) is 3.81. The number of carbonyl (C=O) groups is 1. The Balaban J connectivity index is 1.73. The van der Waals surface area contributed by atoms with Gasteiger partial charge in [0.15, 0.2) is 6.10 Å². The molecule has 0 aliphatic heterocycles. The lowest BCUT2D eigenvalue weighted by molar-refractivity contribution is -0.122. The van der Waals surface area contributed by atoms with Crippen LogP contribution in [0.15, 0.2) is 66.7 Å². The van der Waals surface area contributed by atoms with Crippen molar-refractivity contribution in [2.45, 2.75) is 19.6 Å². The molecule has 1 unspecified atom stereocenters. The van der Waals surface area contributed by atoms with Gasteiger partial charge < -0.3 is 15.2 Å². The third-order valence-electron chi connectivity index (χ3n) is 3.81. The van der Waals surface area contributed by atoms with E-state index in [0.29, 0.717) is 5.75 Å². The maximum Gasteiger partial charge on any atom is 0.265 e. The largest absolute Gasteiger partial charge is 0.481 e. The predicted molar refractivity (Wildman–Crippen MR) is 95.0 cm³/mol. The molecule has 2 N–H and O–H groups in total. The van der Waals surface area contributed by atoms with Crippen LogP contribution in [0, 0.1) is 0 Å². The summed E-state index contributed by atoms with van der Waals surface area (Å²) in [4.78, 5) is 12.4. The molecule has 0 bridgehead atoms. The highest BCUT2D eigenvalue weighted by atomic mass is 16.5. The third kappa shape index (κ3) is 3.55. The summed E-state index contributed by atoms with van der Waals surface area (Å²) in [6.45, 7) is 1.64. The van der Waals surface area contributed by atoms with Crippen LogP contribution >= 0.6 is 0 Å². The van der Waals surface area contributed by atoms with Crippen LogP contribution in [0.3, 0.4) is 0 Å². The first-order chi connectivity index (χ1) is 11.7. The van der Waals surface area contributed by atoms with Gasteiger partial charge in [-0.05, 0) is 36.1 Å². The normalized spacial score (nSPS) is 11.9. The summed E-state index contributed by atoms with van der Waals surface area (Å²) in [6, 6.07) is 20.8. The second-order valence-corrected chi connectivity index (χ2v) is 5.58. The number of hydrogen-bond acceptors (Lipinski definition) is 3. The van der Waals surface area contributed by atoms with Crippen molar-refractivity contribution in [3.8, 4) is 5.75 Å². The van der Waals surface area contributed by atoms with Crippen molar-refractivity contribution in [1.82, 2.24) is 0 Å². The summed E-state index contributed by atoms with van der Waals surface area (Å²) >= 11 is 0. The van der Waals surface area contributed by atoms with Crippen molar-refractivity contribution in [1.29, 1.82) is 0 Å². The molecule has 0 saturated heterocycles. The minimum atomic E-state index is -0.655. The molecule has 0 fully saturated rings. The number of rotatable bonds is 5. The Morgan fingerprint density at radius 3 is 2.67 bits per heavy atom. The molecule has 0 heterocycles. The fourth-order valence-electron chi connectivity index (χ4n) is 2.54. The molecular formula is C20H19NO3. The van der Waals surface area contributed by atoms with Crippen LogP contribution in [0.4, 0.5) is 5.69 Å². The quantitative estimate of drug-likeness (QED) is 0.752. The number of carbonyl (C=O) groups excluding carboxylic acids is 1. The fraction of sp³-hybridized carbons (Fsp3) is 0.150. The molecule has 0 aliphatic rings. The standard InChI is InChI=1S/C20H19NO3/c1-14(24-17-9-4-6-15(12-17)13-22)20(23)21-19-11-5-8-16-7-2-3-10-18(16)19/h2-12,14,22H,13H2,1H3,(H,21,23). The van der Waals surface area contributed by atoms with E-state index in [1.807, 2.05) is 42.5 Å². The van der Waals surface area contributed by atoms with E-state index in [1.165, 1.54) is 0 Å². The number of ether oxygens (including phenoxy) is 1. The summed E-state index contributed by atoms with van der Waals surface area (Å²) < 4.78 is 5.68. The molecule has 3 aromatic carbocycles. The first-order valence-electron chi connectivity index (χ1n) is 7.82. The fourth-order valence-corrected chi connectivity index (χ4v) is 2.54. The number of anilines is 1. The van der Waals surface area contributed by atoms with Gasteiger partial charge in [0.1, 0.15) is 5.75 Å². The lowest BCUT2D eigenvalue weighted by Gasteiger charge is -2.16. The molecule has 1 atom stereocenters. The Labute approximate surface area is 140 Å². The summed E-state index contributed by atoms with van der Waals surface area (Å²) in [7, 11) is 0. The highest BCUT2D eigenvalue weighted by Crippen LogP contribution is 2.23. The lowest BCUT2D eigenvalue weighted by Crippen LogP contribution is -2.30. The van der Waals surface area contributed by atoms with Crippen molar-refractivity contribution in [3.63, 3.8) is 0 Å². The summed E-state index contributed by atoms with van der Waals surface area (Å²) in [5, 5.41) is 14.1. The van der Waals surface area contributed by atoms with E-state index in [0.717, 1.165) is 22.0 Å². The SMILES string of the molecule is CC(Oc1cccc(CO)c1)C(=O)Nc1cccc2ccccc12. The molecule has 3 rings (SSSR count). The number of amides is 1. The van der Waals surface area contributed by atoms with Gasteiger partial charge in [0, 0.05) is 11.1 Å². The molecule has 24 heavy (non-hydrogen) atoms. The molecular weight excluding hydrogens is 302 g/mol. The van der Waals surface area contributed by atoms with E-state index < -0.39 is 6.10 Å². The van der Waals surface area contributed by atoms with Crippen molar-refractivity contribution in [2.24, 2.45) is 0 Å². The van der Waals surface area contributed by atoms with Crippen LogP contribution in [0.5, 0.6) is 5.75 Å². The van der Waals surface area contributed by atoms with Gasteiger partial charge in [-0.3, -0.25) is 4.79 Å². The van der Waals surface area contributed by atoms with Crippen LogP contribution < -0.4 is 10.1 Å². The topological polar surface area (TPSA) is 58.6 Å². The van der Waals surface area contributed by atoms with Gasteiger partial charge in [-0.1, -0.05) is 48.5 Å². The second kappa shape index (κ2) is 7.15. The van der Waals surface area contributed by atoms with E-state index in [2.05, 4.69) is 5.32 Å². The Morgan fingerprint density at radius 2 is 1.83 bits per heavy atom. The van der Waals surface area contributed by atoms with E-state index in [1.54, 1.807) is 31.2 Å². The van der Waals surface area contributed by atoms with Gasteiger partial charge in [-0.25, -0.2) is 0 Å². The highest BCUT2D eigenvalue weighted by Gasteiger charge is 2.16. The molecule has 3 aromatic rings. The van der Waals surface area contributed by atoms with Crippen LogP contribution in [-0.4, -0.2) is 17.1 Å². The maximum absolute atomic E-state index is 12.4. The summed E-state index contributed by atoms with van der Waals surface area (Å²) in [5.41, 5.74) is 1.51. The van der Waals surface area contributed by atoms with Crippen LogP contribution in [0.25, 0.3) is 10.8 Å². The first-order valence-corrected chi connectivity index (χ1v) is 7.82. The number of aliphatic hydroxyl groups is 1. The van der Waals surface area contributed by atoms with Gasteiger partial charge in [-0.2, -0.15) is 0 Å². The molecule has 0 aliphatic carbocycles. The molecule has 1 amide bonds. The Bertz CT molecular complexity index is 855. The average molecular weight is 321 g/mol. The maximum atomic E-state index is 12.4. The molecule has 0 aromatic heterocycles. The number of hydrogen-bond donors (Lipinski definition) is 2. The summed E-state index contributed by atoms with van der Waals surface area (Å²) in [5.74, 6) is 0.336. The van der Waals surface area contributed by atoms with Gasteiger partial charge in [0.2, 0.25) is 0 Å². The van der Waals surface area contributed by atoms with Crippen LogP contribution in [0.2, 0.25) is 0 Å². The van der Waals surface area contributed by atoms with Crippen molar-refractivity contribution < 1.29 is 14.6 Å². The molecule has 4 heteroatoms. The zero-order valence-corrected chi connectivity index (χ0v) is 13.4. The number of benzene rings is 3. The molecule has 122 valence electrons. The Kier molecular flexibility index (Phi) is 4.77. The second-order valence-electron chi connectivity index (χ2n) is 5.58. The minimum Gasteiger partial charge on any atom is -0.481 e. The van der Waals surface area contributed by atoms with E-state index >= 15 is 0 Å². The zero-order valence-electron chi connectivity index (χ0n) is 13.4. The van der Waals surface area contributed by atoms with E-state index in [-0.39, 0.29) is 12.5 Å². The first kappa shape index (κ1) is 16.0. The average Bonchev–Trinajstić information content (AvgIpc) is 2.62. The highest BCUT2D eigenvalue weighted by molar-refractivity contribution is 6.03. The van der Waals surface area contributed by atoms with Gasteiger partial charge in [-0.15, -0.1) is 0 Å². The number of nitrogens with one attached hydrogen (secondary N) is 1. The van der Waals surface area contributed by atoms with Crippen LogP contribution in [-0.2, 0) is 11.4 Å². The minimum absolute atomic E-state index is 0.0617. The van der Waals surface area contributed by atoms with Crippen LogP contribution in [0.1, 0.15) is 12.5 Å². The molecule has 0 saturated carbocycles. The predicted octanol–water partition coefficient (Wildman–Crippen LogP) is 3.74. The van der Waals surface area contributed by atoms with E-state index in [4.69, 9.17) is 9.84 Å². The van der Waals surface area contributed by atoms with Gasteiger partial charge in [0.25, 0.3) is 5.91 Å². The van der Waals surface area contributed by atoms with Gasteiger partial charge in [0.05, 0.1) is 6.61 Å². The lowest BCUT2D eigenvalue weighted by atomic mass is 10.1. The smallest absolute Gasteiger partial charge is 0.265 e. The van der Waals surface area contributed by atoms with Crippen molar-refractivity contribution >= 4 is 22.4 Å². The Morgan fingerprint density at radius 1 is 1.08 bits per heavy atom.